The maximum atomic E-state index is 12.4. The van der Waals surface area contributed by atoms with Crippen LogP contribution in [0, 0.1) is 0 Å². The molecule has 0 saturated heterocycles. The van der Waals surface area contributed by atoms with Crippen LogP contribution in [0.25, 0.3) is 11.1 Å². The molecule has 0 saturated carbocycles. The summed E-state index contributed by atoms with van der Waals surface area (Å²) >= 11 is 0. The average molecular weight is 462 g/mol. The first-order chi connectivity index (χ1) is 16.6. The number of ether oxygens (including phenoxy) is 2. The Hall–Kier alpha value is -4.07. The Bertz CT molecular complexity index is 1290. The monoisotopic (exact) mass is 461 g/mol. The molecule has 0 unspecified atom stereocenters. The van der Waals surface area contributed by atoms with Crippen molar-refractivity contribution in [2.75, 3.05) is 6.61 Å². The van der Waals surface area contributed by atoms with Gasteiger partial charge in [0.25, 0.3) is 0 Å². The van der Waals surface area contributed by atoms with Crippen LogP contribution < -0.4 is 20.5 Å². The van der Waals surface area contributed by atoms with E-state index in [2.05, 4.69) is 17.2 Å². The second-order valence-corrected chi connectivity index (χ2v) is 7.76. The lowest BCUT2D eigenvalue weighted by Crippen LogP contribution is -2.24. The Morgan fingerprint density at radius 1 is 1.06 bits per heavy atom. The number of oxazole rings is 1. The molecule has 0 bridgehead atoms. The molecule has 4 aromatic rings. The maximum absolute atomic E-state index is 12.4. The largest absolute Gasteiger partial charge is 0.494 e. The Morgan fingerprint density at radius 2 is 1.85 bits per heavy atom. The summed E-state index contributed by atoms with van der Waals surface area (Å²) in [5.74, 6) is 1.32. The number of benzene rings is 2. The SMILES string of the molecule is CCCOc1ccc(Oc2ncccc2CNC(=O)CCCn2c(=O)oc3ccccc32)cc1. The molecule has 8 nitrogen and oxygen atoms in total. The van der Waals surface area contributed by atoms with Crippen LogP contribution in [0.5, 0.6) is 17.4 Å². The summed E-state index contributed by atoms with van der Waals surface area (Å²) in [6, 6.07) is 18.3. The normalized spacial score (nSPS) is 10.9. The van der Waals surface area contributed by atoms with E-state index >= 15 is 0 Å². The molecule has 0 radical (unpaired) electrons. The number of carbonyl (C=O) groups excluding carboxylic acids is 1. The molecule has 34 heavy (non-hydrogen) atoms. The van der Waals surface area contributed by atoms with E-state index in [0.717, 1.165) is 23.3 Å². The Labute approximate surface area is 197 Å². The van der Waals surface area contributed by atoms with E-state index in [0.29, 0.717) is 36.8 Å². The smallest absolute Gasteiger partial charge is 0.419 e. The standard InChI is InChI=1S/C26H27N3O5/c1-2-17-32-20-11-13-21(14-12-20)33-25-19(7-5-15-27-25)18-28-24(30)10-6-16-29-22-8-3-4-9-23(22)34-26(29)31/h3-5,7-9,11-15H,2,6,10,16-18H2,1H3,(H,28,30). The van der Waals surface area contributed by atoms with E-state index < -0.39 is 5.76 Å². The van der Waals surface area contributed by atoms with Crippen molar-refractivity contribution in [2.45, 2.75) is 39.3 Å². The third kappa shape index (κ3) is 5.83. The zero-order chi connectivity index (χ0) is 23.8. The zero-order valence-electron chi connectivity index (χ0n) is 19.0. The van der Waals surface area contributed by atoms with E-state index in [4.69, 9.17) is 13.9 Å². The number of hydrogen-bond donors (Lipinski definition) is 1. The number of amides is 1. The maximum Gasteiger partial charge on any atom is 0.419 e. The summed E-state index contributed by atoms with van der Waals surface area (Å²) in [5.41, 5.74) is 2.04. The van der Waals surface area contributed by atoms with Gasteiger partial charge in [-0.05, 0) is 55.3 Å². The first kappa shape index (κ1) is 23.1. The van der Waals surface area contributed by atoms with Crippen molar-refractivity contribution >= 4 is 17.0 Å². The molecule has 0 atom stereocenters. The second kappa shape index (κ2) is 11.2. The summed E-state index contributed by atoms with van der Waals surface area (Å²) in [5, 5.41) is 2.90. The number of hydrogen-bond acceptors (Lipinski definition) is 6. The number of pyridine rings is 1. The molecule has 1 N–H and O–H groups in total. The number of aryl methyl sites for hydroxylation is 1. The molecule has 2 aromatic carbocycles. The number of carbonyl (C=O) groups is 1. The fraction of sp³-hybridized carbons (Fsp3) is 0.269. The van der Waals surface area contributed by atoms with Crippen molar-refractivity contribution in [3.05, 3.63) is 83.0 Å². The molecule has 2 aromatic heterocycles. The first-order valence-electron chi connectivity index (χ1n) is 11.3. The van der Waals surface area contributed by atoms with Gasteiger partial charge in [0.1, 0.15) is 11.5 Å². The van der Waals surface area contributed by atoms with Crippen molar-refractivity contribution in [2.24, 2.45) is 0 Å². The minimum Gasteiger partial charge on any atom is -0.494 e. The Morgan fingerprint density at radius 3 is 2.68 bits per heavy atom. The highest BCUT2D eigenvalue weighted by molar-refractivity contribution is 5.76. The lowest BCUT2D eigenvalue weighted by Gasteiger charge is -2.11. The summed E-state index contributed by atoms with van der Waals surface area (Å²) < 4.78 is 18.3. The Kier molecular flexibility index (Phi) is 7.60. The van der Waals surface area contributed by atoms with Crippen LogP contribution in [-0.4, -0.2) is 22.1 Å². The molecule has 8 heteroatoms. The molecule has 0 aliphatic carbocycles. The summed E-state index contributed by atoms with van der Waals surface area (Å²) in [6.07, 6.45) is 3.38. The van der Waals surface area contributed by atoms with Gasteiger partial charge >= 0.3 is 5.76 Å². The highest BCUT2D eigenvalue weighted by Gasteiger charge is 2.11. The zero-order valence-corrected chi connectivity index (χ0v) is 19.0. The summed E-state index contributed by atoms with van der Waals surface area (Å²) in [4.78, 5) is 28.7. The minimum atomic E-state index is -0.413. The van der Waals surface area contributed by atoms with E-state index in [1.165, 1.54) is 0 Å². The molecule has 0 spiro atoms. The molecular formula is C26H27N3O5. The number of rotatable bonds is 11. The van der Waals surface area contributed by atoms with Gasteiger partial charge in [-0.2, -0.15) is 0 Å². The van der Waals surface area contributed by atoms with Gasteiger partial charge in [-0.3, -0.25) is 9.36 Å². The molecule has 0 aliphatic rings. The van der Waals surface area contributed by atoms with Crippen LogP contribution in [0.3, 0.4) is 0 Å². The van der Waals surface area contributed by atoms with Crippen LogP contribution in [0.2, 0.25) is 0 Å². The summed E-state index contributed by atoms with van der Waals surface area (Å²) in [7, 11) is 0. The fourth-order valence-corrected chi connectivity index (χ4v) is 3.49. The number of aromatic nitrogens is 2. The molecule has 0 aliphatic heterocycles. The van der Waals surface area contributed by atoms with E-state index in [9.17, 15) is 9.59 Å². The van der Waals surface area contributed by atoms with Crippen LogP contribution >= 0.6 is 0 Å². The van der Waals surface area contributed by atoms with E-state index in [1.807, 2.05) is 48.5 Å². The van der Waals surface area contributed by atoms with Gasteiger partial charge in [-0.25, -0.2) is 9.78 Å². The van der Waals surface area contributed by atoms with Crippen LogP contribution in [0.1, 0.15) is 31.7 Å². The number of nitrogens with one attached hydrogen (secondary N) is 1. The van der Waals surface area contributed by atoms with E-state index in [1.54, 1.807) is 22.9 Å². The van der Waals surface area contributed by atoms with Gasteiger partial charge in [-0.1, -0.05) is 25.1 Å². The fourth-order valence-electron chi connectivity index (χ4n) is 3.49. The van der Waals surface area contributed by atoms with Gasteiger partial charge < -0.3 is 19.2 Å². The number of nitrogens with zero attached hydrogens (tertiary/aromatic N) is 2. The third-order valence-electron chi connectivity index (χ3n) is 5.20. The summed E-state index contributed by atoms with van der Waals surface area (Å²) in [6.45, 7) is 3.41. The molecule has 4 rings (SSSR count). The van der Waals surface area contributed by atoms with Gasteiger partial charge in [0.2, 0.25) is 11.8 Å². The third-order valence-corrected chi connectivity index (χ3v) is 5.20. The van der Waals surface area contributed by atoms with Crippen LogP contribution in [0.4, 0.5) is 0 Å². The van der Waals surface area contributed by atoms with E-state index in [-0.39, 0.29) is 18.9 Å². The van der Waals surface area contributed by atoms with Gasteiger partial charge in [0.15, 0.2) is 5.58 Å². The second-order valence-electron chi connectivity index (χ2n) is 7.76. The minimum absolute atomic E-state index is 0.118. The molecule has 176 valence electrons. The average Bonchev–Trinajstić information content (AvgIpc) is 3.18. The molecule has 0 fully saturated rings. The van der Waals surface area contributed by atoms with Crippen molar-refractivity contribution in [1.29, 1.82) is 0 Å². The van der Waals surface area contributed by atoms with Crippen LogP contribution in [0.15, 0.2) is 76.1 Å². The highest BCUT2D eigenvalue weighted by atomic mass is 16.5. The predicted octanol–water partition coefficient (Wildman–Crippen LogP) is 4.67. The lowest BCUT2D eigenvalue weighted by atomic mass is 10.2. The topological polar surface area (TPSA) is 95.6 Å². The number of fused-ring (bicyclic) bond motifs is 1. The lowest BCUT2D eigenvalue weighted by molar-refractivity contribution is -0.121. The van der Waals surface area contributed by atoms with Gasteiger partial charge in [-0.15, -0.1) is 0 Å². The molecule has 1 amide bonds. The molecular weight excluding hydrogens is 434 g/mol. The van der Waals surface area contributed by atoms with Crippen molar-refractivity contribution in [3.8, 4) is 17.4 Å². The highest BCUT2D eigenvalue weighted by Crippen LogP contribution is 2.25. The van der Waals surface area contributed by atoms with Gasteiger partial charge in [0, 0.05) is 31.3 Å². The van der Waals surface area contributed by atoms with Gasteiger partial charge in [0.05, 0.1) is 12.1 Å². The van der Waals surface area contributed by atoms with Crippen molar-refractivity contribution in [1.82, 2.24) is 14.9 Å². The number of para-hydroxylation sites is 2. The van der Waals surface area contributed by atoms with Crippen LogP contribution in [-0.2, 0) is 17.9 Å². The molecule has 2 heterocycles. The first-order valence-corrected chi connectivity index (χ1v) is 11.3. The van der Waals surface area contributed by atoms with Crippen molar-refractivity contribution < 1.29 is 18.7 Å². The van der Waals surface area contributed by atoms with Crippen molar-refractivity contribution in [3.63, 3.8) is 0 Å². The Balaban J connectivity index is 1.29. The predicted molar refractivity (Wildman–Crippen MR) is 128 cm³/mol. The quantitative estimate of drug-likeness (QED) is 0.349.